The minimum absolute atomic E-state index is 0.144. The summed E-state index contributed by atoms with van der Waals surface area (Å²) >= 11 is 0. The second-order valence-corrected chi connectivity index (χ2v) is 6.86. The van der Waals surface area contributed by atoms with Gasteiger partial charge in [-0.05, 0) is 47.5 Å². The molecule has 0 spiro atoms. The van der Waals surface area contributed by atoms with Gasteiger partial charge in [-0.15, -0.1) is 0 Å². The number of carbonyl (C=O) groups excluding carboxylic acids is 1. The van der Waals surface area contributed by atoms with Gasteiger partial charge in [0, 0.05) is 31.7 Å². The minimum atomic E-state index is -0.268. The molecule has 0 atom stereocenters. The average molecular weight is 437 g/mol. The van der Waals surface area contributed by atoms with Crippen molar-refractivity contribution in [1.82, 2.24) is 10.0 Å². The maximum Gasteiger partial charge on any atom is 0.279 e. The molecule has 0 aliphatic heterocycles. The van der Waals surface area contributed by atoms with Crippen molar-refractivity contribution in [3.63, 3.8) is 0 Å². The Morgan fingerprint density at radius 3 is 2.22 bits per heavy atom. The zero-order valence-corrected chi connectivity index (χ0v) is 18.6. The zero-order valence-electron chi connectivity index (χ0n) is 18.6. The van der Waals surface area contributed by atoms with E-state index in [1.54, 1.807) is 59.0 Å². The van der Waals surface area contributed by atoms with Gasteiger partial charge in [-0.25, -0.2) is 5.06 Å². The van der Waals surface area contributed by atoms with Crippen LogP contribution in [0.5, 0.6) is 17.2 Å². The molecule has 1 N–H and O–H groups in total. The van der Waals surface area contributed by atoms with Gasteiger partial charge in [0.2, 0.25) is 5.75 Å². The third kappa shape index (κ3) is 5.47. The summed E-state index contributed by atoms with van der Waals surface area (Å²) in [7, 11) is 6.23. The second kappa shape index (κ2) is 11.0. The number of ether oxygens (including phenoxy) is 3. The number of hydrogen-bond donors (Lipinski definition) is 1. The van der Waals surface area contributed by atoms with Crippen LogP contribution >= 0.6 is 0 Å². The van der Waals surface area contributed by atoms with Gasteiger partial charge in [-0.2, -0.15) is 0 Å². The van der Waals surface area contributed by atoms with Crippen LogP contribution in [0.2, 0.25) is 0 Å². The van der Waals surface area contributed by atoms with E-state index in [9.17, 15) is 4.79 Å². The summed E-state index contributed by atoms with van der Waals surface area (Å²) in [6, 6.07) is 14.7. The summed E-state index contributed by atoms with van der Waals surface area (Å²) < 4.78 is 16.1. The van der Waals surface area contributed by atoms with Crippen molar-refractivity contribution in [2.24, 2.45) is 0 Å². The SMILES string of the molecule is COc1cc(CON(C)C(=O)c2ccccc2NCc2ccncc2)cc(OC)c1OC. The second-order valence-electron chi connectivity index (χ2n) is 6.86. The number of pyridine rings is 1. The largest absolute Gasteiger partial charge is 0.493 e. The Kier molecular flexibility index (Phi) is 7.88. The summed E-state index contributed by atoms with van der Waals surface area (Å²) in [5, 5.41) is 4.52. The molecular weight excluding hydrogens is 410 g/mol. The molecule has 0 bridgehead atoms. The number of aromatic nitrogens is 1. The fourth-order valence-corrected chi connectivity index (χ4v) is 3.14. The van der Waals surface area contributed by atoms with Crippen LogP contribution in [0.3, 0.4) is 0 Å². The fraction of sp³-hybridized carbons (Fsp3) is 0.250. The van der Waals surface area contributed by atoms with E-state index in [0.29, 0.717) is 29.4 Å². The first-order valence-electron chi connectivity index (χ1n) is 9.99. The molecule has 0 fully saturated rings. The lowest BCUT2D eigenvalue weighted by Gasteiger charge is -2.20. The van der Waals surface area contributed by atoms with E-state index >= 15 is 0 Å². The molecule has 1 aromatic heterocycles. The number of anilines is 1. The molecule has 0 aliphatic carbocycles. The van der Waals surface area contributed by atoms with Crippen LogP contribution in [0.25, 0.3) is 0 Å². The first kappa shape index (κ1) is 22.9. The number of methoxy groups -OCH3 is 3. The summed E-state index contributed by atoms with van der Waals surface area (Å²) in [6.07, 6.45) is 3.47. The third-order valence-corrected chi connectivity index (χ3v) is 4.83. The highest BCUT2D eigenvalue weighted by Crippen LogP contribution is 2.38. The molecule has 1 heterocycles. The topological polar surface area (TPSA) is 82.2 Å². The number of benzene rings is 2. The van der Waals surface area contributed by atoms with Gasteiger partial charge in [0.05, 0.1) is 26.9 Å². The van der Waals surface area contributed by atoms with Crippen molar-refractivity contribution < 1.29 is 23.8 Å². The van der Waals surface area contributed by atoms with Gasteiger partial charge in [-0.3, -0.25) is 14.6 Å². The van der Waals surface area contributed by atoms with E-state index in [2.05, 4.69) is 10.3 Å². The Hall–Kier alpha value is -3.78. The number of amides is 1. The molecule has 8 nitrogen and oxygen atoms in total. The quantitative estimate of drug-likeness (QED) is 0.481. The predicted octanol–water partition coefficient (Wildman–Crippen LogP) is 3.92. The maximum absolute atomic E-state index is 13.0. The van der Waals surface area contributed by atoms with Crippen LogP contribution < -0.4 is 19.5 Å². The molecule has 0 saturated carbocycles. The molecule has 3 rings (SSSR count). The number of rotatable bonds is 10. The monoisotopic (exact) mass is 437 g/mol. The van der Waals surface area contributed by atoms with Crippen LogP contribution in [-0.2, 0) is 18.0 Å². The normalized spacial score (nSPS) is 10.4. The van der Waals surface area contributed by atoms with Crippen molar-refractivity contribution in [2.75, 3.05) is 33.7 Å². The summed E-state index contributed by atoms with van der Waals surface area (Å²) in [5.41, 5.74) is 3.06. The highest BCUT2D eigenvalue weighted by Gasteiger charge is 2.18. The molecule has 0 aliphatic rings. The van der Waals surface area contributed by atoms with E-state index < -0.39 is 0 Å². The number of carbonyl (C=O) groups is 1. The van der Waals surface area contributed by atoms with Gasteiger partial charge >= 0.3 is 0 Å². The summed E-state index contributed by atoms with van der Waals surface area (Å²) in [5.74, 6) is 1.27. The molecular formula is C24H27N3O5. The smallest absolute Gasteiger partial charge is 0.279 e. The van der Waals surface area contributed by atoms with E-state index in [0.717, 1.165) is 16.8 Å². The first-order valence-corrected chi connectivity index (χ1v) is 9.99. The van der Waals surface area contributed by atoms with Gasteiger partial charge in [0.15, 0.2) is 11.5 Å². The van der Waals surface area contributed by atoms with E-state index in [1.807, 2.05) is 30.3 Å². The summed E-state index contributed by atoms with van der Waals surface area (Å²) in [6.45, 7) is 0.717. The molecule has 0 radical (unpaired) electrons. The Morgan fingerprint density at radius 1 is 0.938 bits per heavy atom. The molecule has 0 saturated heterocycles. The van der Waals surface area contributed by atoms with Crippen LogP contribution in [0.4, 0.5) is 5.69 Å². The van der Waals surface area contributed by atoms with Crippen LogP contribution in [-0.4, -0.2) is 44.3 Å². The van der Waals surface area contributed by atoms with Gasteiger partial charge in [-0.1, -0.05) is 12.1 Å². The minimum Gasteiger partial charge on any atom is -0.493 e. The van der Waals surface area contributed by atoms with Gasteiger partial charge in [0.25, 0.3) is 5.91 Å². The number of hydroxylamine groups is 2. The third-order valence-electron chi connectivity index (χ3n) is 4.83. The maximum atomic E-state index is 13.0. The molecule has 1 amide bonds. The fourth-order valence-electron chi connectivity index (χ4n) is 3.14. The lowest BCUT2D eigenvalue weighted by molar-refractivity contribution is -0.116. The Morgan fingerprint density at radius 2 is 1.59 bits per heavy atom. The van der Waals surface area contributed by atoms with Gasteiger partial charge in [0.1, 0.15) is 6.61 Å². The first-order chi connectivity index (χ1) is 15.6. The van der Waals surface area contributed by atoms with Gasteiger partial charge < -0.3 is 19.5 Å². The Labute approximate surface area is 187 Å². The van der Waals surface area contributed by atoms with Crippen molar-refractivity contribution in [3.8, 4) is 17.2 Å². The summed E-state index contributed by atoms with van der Waals surface area (Å²) in [4.78, 5) is 22.8. The molecule has 0 unspecified atom stereocenters. The van der Waals surface area contributed by atoms with Crippen molar-refractivity contribution in [2.45, 2.75) is 13.2 Å². The predicted molar refractivity (Wildman–Crippen MR) is 121 cm³/mol. The number of para-hydroxylation sites is 1. The van der Waals surface area contributed by atoms with Crippen molar-refractivity contribution in [1.29, 1.82) is 0 Å². The standard InChI is InChI=1S/C24H27N3O5/c1-27(32-16-18-13-21(29-2)23(31-4)22(14-18)30-3)24(28)19-7-5-6-8-20(19)26-15-17-9-11-25-12-10-17/h5-14,26H,15-16H2,1-4H3. The lowest BCUT2D eigenvalue weighted by atomic mass is 10.1. The molecule has 3 aromatic rings. The lowest BCUT2D eigenvalue weighted by Crippen LogP contribution is -2.27. The molecule has 2 aromatic carbocycles. The molecule has 168 valence electrons. The molecule has 32 heavy (non-hydrogen) atoms. The number of nitrogens with zero attached hydrogens (tertiary/aromatic N) is 2. The van der Waals surface area contributed by atoms with E-state index in [-0.39, 0.29) is 12.5 Å². The van der Waals surface area contributed by atoms with E-state index in [1.165, 1.54) is 5.06 Å². The highest BCUT2D eigenvalue weighted by atomic mass is 16.7. The zero-order chi connectivity index (χ0) is 22.9. The Balaban J connectivity index is 1.69. The van der Waals surface area contributed by atoms with Crippen LogP contribution in [0, 0.1) is 0 Å². The van der Waals surface area contributed by atoms with Crippen molar-refractivity contribution in [3.05, 3.63) is 77.6 Å². The number of nitrogens with one attached hydrogen (secondary N) is 1. The van der Waals surface area contributed by atoms with Crippen LogP contribution in [0.15, 0.2) is 60.9 Å². The Bertz CT molecular complexity index is 1020. The average Bonchev–Trinajstić information content (AvgIpc) is 2.85. The number of hydrogen-bond acceptors (Lipinski definition) is 7. The van der Waals surface area contributed by atoms with E-state index in [4.69, 9.17) is 19.0 Å². The molecule has 8 heteroatoms. The highest BCUT2D eigenvalue weighted by molar-refractivity contribution is 5.98. The van der Waals surface area contributed by atoms with Crippen molar-refractivity contribution >= 4 is 11.6 Å². The van der Waals surface area contributed by atoms with Crippen LogP contribution in [0.1, 0.15) is 21.5 Å².